The van der Waals surface area contributed by atoms with E-state index in [4.69, 9.17) is 16.1 Å². The summed E-state index contributed by atoms with van der Waals surface area (Å²) in [5, 5.41) is 8.79. The average molecular weight is 451 g/mol. The SMILES string of the molecule is Cc1noc2c1c(=O)n([C@H]1CCC[C@@H](CNC(=O)c3cccnc3)C1)c1cccc(Cl)c21. The first-order chi connectivity index (χ1) is 15.5. The Bertz CT molecular complexity index is 1360. The average Bonchev–Trinajstić information content (AvgIpc) is 3.20. The summed E-state index contributed by atoms with van der Waals surface area (Å²) in [5.74, 6) is 0.144. The van der Waals surface area contributed by atoms with Crippen molar-refractivity contribution in [1.29, 1.82) is 0 Å². The summed E-state index contributed by atoms with van der Waals surface area (Å²) in [5.41, 5.74) is 2.22. The molecule has 0 unspecified atom stereocenters. The number of hydrogen-bond donors (Lipinski definition) is 1. The monoisotopic (exact) mass is 450 g/mol. The molecule has 1 aliphatic rings. The molecule has 2 atom stereocenters. The van der Waals surface area contributed by atoms with E-state index >= 15 is 0 Å². The molecule has 0 aliphatic heterocycles. The Balaban J connectivity index is 1.46. The lowest BCUT2D eigenvalue weighted by molar-refractivity contribution is 0.0940. The van der Waals surface area contributed by atoms with E-state index in [1.807, 2.05) is 16.7 Å². The van der Waals surface area contributed by atoms with Crippen molar-refractivity contribution in [2.75, 3.05) is 6.54 Å². The first-order valence-electron chi connectivity index (χ1n) is 10.8. The van der Waals surface area contributed by atoms with Gasteiger partial charge in [-0.05, 0) is 56.4 Å². The van der Waals surface area contributed by atoms with Crippen molar-refractivity contribution < 1.29 is 9.32 Å². The second-order valence-corrected chi connectivity index (χ2v) is 8.83. The molecule has 7 nitrogen and oxygen atoms in total. The fraction of sp³-hybridized carbons (Fsp3) is 0.333. The molecule has 0 spiro atoms. The third-order valence-corrected chi connectivity index (χ3v) is 6.68. The fourth-order valence-corrected chi connectivity index (χ4v) is 5.10. The number of amides is 1. The van der Waals surface area contributed by atoms with Crippen molar-refractivity contribution in [3.63, 3.8) is 0 Å². The molecule has 3 heterocycles. The van der Waals surface area contributed by atoms with E-state index in [9.17, 15) is 9.59 Å². The molecule has 1 aromatic carbocycles. The number of halogens is 1. The van der Waals surface area contributed by atoms with Gasteiger partial charge in [0.1, 0.15) is 5.39 Å². The summed E-state index contributed by atoms with van der Waals surface area (Å²) in [7, 11) is 0. The molecule has 1 aliphatic carbocycles. The van der Waals surface area contributed by atoms with Gasteiger partial charge in [0.2, 0.25) is 0 Å². The number of aromatic nitrogens is 3. The van der Waals surface area contributed by atoms with Gasteiger partial charge < -0.3 is 14.4 Å². The largest absolute Gasteiger partial charge is 0.355 e. The number of fused-ring (bicyclic) bond motifs is 3. The van der Waals surface area contributed by atoms with E-state index in [0.717, 1.165) is 36.6 Å². The van der Waals surface area contributed by atoms with E-state index in [-0.39, 0.29) is 23.4 Å². The maximum Gasteiger partial charge on any atom is 0.264 e. The Kier molecular flexibility index (Phi) is 5.43. The van der Waals surface area contributed by atoms with Crippen LogP contribution in [0.25, 0.3) is 21.9 Å². The Morgan fingerprint density at radius 3 is 2.94 bits per heavy atom. The van der Waals surface area contributed by atoms with Crippen molar-refractivity contribution >= 4 is 39.4 Å². The second kappa shape index (κ2) is 8.39. The second-order valence-electron chi connectivity index (χ2n) is 8.42. The van der Waals surface area contributed by atoms with Crippen LogP contribution in [0.2, 0.25) is 5.02 Å². The van der Waals surface area contributed by atoms with Crippen LogP contribution in [0, 0.1) is 12.8 Å². The molecule has 5 rings (SSSR count). The van der Waals surface area contributed by atoms with Crippen LogP contribution in [-0.4, -0.2) is 27.2 Å². The molecule has 0 saturated heterocycles. The van der Waals surface area contributed by atoms with Crippen molar-refractivity contribution in [2.24, 2.45) is 5.92 Å². The highest BCUT2D eigenvalue weighted by Gasteiger charge is 2.28. The molecule has 3 aromatic heterocycles. The highest BCUT2D eigenvalue weighted by atomic mass is 35.5. The Labute approximate surface area is 189 Å². The lowest BCUT2D eigenvalue weighted by Crippen LogP contribution is -2.34. The third-order valence-electron chi connectivity index (χ3n) is 6.37. The minimum atomic E-state index is -0.129. The zero-order valence-corrected chi connectivity index (χ0v) is 18.4. The number of carbonyl (C=O) groups is 1. The summed E-state index contributed by atoms with van der Waals surface area (Å²) < 4.78 is 7.36. The van der Waals surface area contributed by atoms with Gasteiger partial charge in [0.25, 0.3) is 11.5 Å². The predicted octanol–water partition coefficient (Wildman–Crippen LogP) is 4.66. The molecule has 8 heteroatoms. The van der Waals surface area contributed by atoms with Gasteiger partial charge in [-0.3, -0.25) is 14.6 Å². The lowest BCUT2D eigenvalue weighted by atomic mass is 9.85. The zero-order valence-electron chi connectivity index (χ0n) is 17.7. The number of pyridine rings is 2. The zero-order chi connectivity index (χ0) is 22.2. The fourth-order valence-electron chi connectivity index (χ4n) is 4.84. The van der Waals surface area contributed by atoms with Gasteiger partial charge in [0.15, 0.2) is 5.58 Å². The summed E-state index contributed by atoms with van der Waals surface area (Å²) in [6.45, 7) is 2.34. The highest BCUT2D eigenvalue weighted by Crippen LogP contribution is 2.37. The molecule has 4 aromatic rings. The minimum Gasteiger partial charge on any atom is -0.355 e. The van der Waals surface area contributed by atoms with Crippen LogP contribution in [0.1, 0.15) is 47.8 Å². The van der Waals surface area contributed by atoms with E-state index in [1.54, 1.807) is 37.5 Å². The van der Waals surface area contributed by atoms with Crippen molar-refractivity contribution in [3.05, 3.63) is 69.4 Å². The molecule has 1 fully saturated rings. The van der Waals surface area contributed by atoms with Gasteiger partial charge in [-0.1, -0.05) is 29.2 Å². The van der Waals surface area contributed by atoms with Gasteiger partial charge in [0.05, 0.1) is 27.2 Å². The minimum absolute atomic E-state index is 0.0104. The lowest BCUT2D eigenvalue weighted by Gasteiger charge is -2.31. The number of nitrogens with zero attached hydrogens (tertiary/aromatic N) is 3. The molecular weight excluding hydrogens is 428 g/mol. The molecule has 1 amide bonds. The first kappa shape index (κ1) is 20.7. The Hall–Kier alpha value is -3.19. The van der Waals surface area contributed by atoms with Gasteiger partial charge in [-0.15, -0.1) is 0 Å². The highest BCUT2D eigenvalue weighted by molar-refractivity contribution is 6.37. The smallest absolute Gasteiger partial charge is 0.264 e. The molecule has 164 valence electrons. The van der Waals surface area contributed by atoms with Gasteiger partial charge >= 0.3 is 0 Å². The Morgan fingerprint density at radius 1 is 1.25 bits per heavy atom. The molecular formula is C24H23ClN4O3. The quantitative estimate of drug-likeness (QED) is 0.488. The van der Waals surface area contributed by atoms with Crippen LogP contribution < -0.4 is 10.9 Å². The molecule has 0 bridgehead atoms. The van der Waals surface area contributed by atoms with E-state index in [2.05, 4.69) is 15.5 Å². The number of nitrogens with one attached hydrogen (secondary N) is 1. The van der Waals surface area contributed by atoms with E-state index in [1.165, 1.54) is 0 Å². The van der Waals surface area contributed by atoms with Crippen LogP contribution >= 0.6 is 11.6 Å². The Morgan fingerprint density at radius 2 is 2.12 bits per heavy atom. The van der Waals surface area contributed by atoms with Crippen LogP contribution in [-0.2, 0) is 0 Å². The summed E-state index contributed by atoms with van der Waals surface area (Å²) in [6, 6.07) is 9.07. The van der Waals surface area contributed by atoms with Crippen molar-refractivity contribution in [1.82, 2.24) is 20.0 Å². The van der Waals surface area contributed by atoms with E-state index in [0.29, 0.717) is 33.8 Å². The van der Waals surface area contributed by atoms with Crippen LogP contribution in [0.4, 0.5) is 0 Å². The number of rotatable bonds is 4. The maximum absolute atomic E-state index is 13.5. The summed E-state index contributed by atoms with van der Waals surface area (Å²) >= 11 is 6.52. The van der Waals surface area contributed by atoms with Crippen molar-refractivity contribution in [3.8, 4) is 0 Å². The van der Waals surface area contributed by atoms with Crippen molar-refractivity contribution in [2.45, 2.75) is 38.6 Å². The van der Waals surface area contributed by atoms with Crippen LogP contribution in [0.15, 0.2) is 52.0 Å². The number of aryl methyl sites for hydroxylation is 1. The maximum atomic E-state index is 13.5. The predicted molar refractivity (Wildman–Crippen MR) is 123 cm³/mol. The normalized spacial score (nSPS) is 18.8. The summed E-state index contributed by atoms with van der Waals surface area (Å²) in [6.07, 6.45) is 6.88. The topological polar surface area (TPSA) is 90.0 Å². The first-order valence-corrected chi connectivity index (χ1v) is 11.2. The summed E-state index contributed by atoms with van der Waals surface area (Å²) in [4.78, 5) is 30.0. The molecule has 32 heavy (non-hydrogen) atoms. The van der Waals surface area contributed by atoms with Crippen LogP contribution in [0.3, 0.4) is 0 Å². The standard InChI is InChI=1S/C24H23ClN4O3/c1-14-20-22(32-28-14)21-18(25)8-3-9-19(21)29(24(20)31)17-7-2-5-15(11-17)12-27-23(30)16-6-4-10-26-13-16/h3-4,6,8-10,13,15,17H,2,5,7,11-12H2,1H3,(H,27,30)/t15-,17+/m1/s1. The molecule has 1 saturated carbocycles. The number of hydrogen-bond acceptors (Lipinski definition) is 5. The third kappa shape index (κ3) is 3.56. The van der Waals surface area contributed by atoms with E-state index < -0.39 is 0 Å². The molecule has 0 radical (unpaired) electrons. The van der Waals surface area contributed by atoms with Gasteiger partial charge in [-0.25, -0.2) is 0 Å². The number of carbonyl (C=O) groups excluding carboxylic acids is 1. The molecule has 1 N–H and O–H groups in total. The number of benzene rings is 1. The van der Waals surface area contributed by atoms with Gasteiger partial charge in [-0.2, -0.15) is 0 Å². The van der Waals surface area contributed by atoms with Crippen LogP contribution in [0.5, 0.6) is 0 Å². The van der Waals surface area contributed by atoms with Gasteiger partial charge in [0, 0.05) is 25.0 Å².